The van der Waals surface area contributed by atoms with Gasteiger partial charge in [-0.15, -0.1) is 0 Å². The molecular weight excluding hydrogens is 287 g/mol. The maximum Gasteiger partial charge on any atom is 0.338 e. The largest absolute Gasteiger partial charge is 0.466 e. The zero-order valence-corrected chi connectivity index (χ0v) is 12.2. The number of esters is 1. The van der Waals surface area contributed by atoms with E-state index in [2.05, 4.69) is 15.4 Å². The highest BCUT2D eigenvalue weighted by molar-refractivity contribution is 5.92. The predicted molar refractivity (Wildman–Crippen MR) is 77.5 cm³/mol. The lowest BCUT2D eigenvalue weighted by molar-refractivity contribution is -0.136. The zero-order valence-electron chi connectivity index (χ0n) is 12.2. The average molecular weight is 302 g/mol. The molecule has 0 saturated carbocycles. The van der Waals surface area contributed by atoms with E-state index in [0.717, 1.165) is 0 Å². The molecule has 1 N–H and O–H groups in total. The number of fused-ring (bicyclic) bond motifs is 1. The van der Waals surface area contributed by atoms with Crippen molar-refractivity contribution in [3.63, 3.8) is 0 Å². The van der Waals surface area contributed by atoms with Crippen LogP contribution < -0.4 is 5.32 Å². The molecule has 6 nitrogen and oxygen atoms in total. The van der Waals surface area contributed by atoms with E-state index in [0.29, 0.717) is 29.2 Å². The van der Waals surface area contributed by atoms with Crippen molar-refractivity contribution in [2.75, 3.05) is 12.4 Å². The van der Waals surface area contributed by atoms with E-state index in [1.54, 1.807) is 16.8 Å². The van der Waals surface area contributed by atoms with E-state index in [9.17, 15) is 9.18 Å². The average Bonchev–Trinajstić information content (AvgIpc) is 3.00. The van der Waals surface area contributed by atoms with E-state index < -0.39 is 12.0 Å². The van der Waals surface area contributed by atoms with Gasteiger partial charge in [-0.25, -0.2) is 13.9 Å². The number of hydrogen-bond acceptors (Lipinski definition) is 5. The molecule has 0 radical (unpaired) electrons. The summed E-state index contributed by atoms with van der Waals surface area (Å²) in [6.45, 7) is 1.92. The van der Waals surface area contributed by atoms with Crippen LogP contribution in [-0.4, -0.2) is 27.8 Å². The van der Waals surface area contributed by atoms with Crippen molar-refractivity contribution in [1.29, 1.82) is 0 Å². The van der Waals surface area contributed by atoms with Crippen molar-refractivity contribution in [2.24, 2.45) is 0 Å². The molecule has 0 unspecified atom stereocenters. The number of methoxy groups -OCH3 is 1. The standard InChI is InChI=1S/C15H15FN4O2/c1-3-11-12(14(21)22-2)13(9-5-4-6-10(16)7-9)20-15(19-11)17-8-18-20/h4-8,13H,3H2,1-2H3,(H,17,18,19)/t13-/m0/s1. The predicted octanol–water partition coefficient (Wildman–Crippen LogP) is 2.27. The third-order valence-electron chi connectivity index (χ3n) is 3.60. The molecule has 1 aromatic carbocycles. The lowest BCUT2D eigenvalue weighted by Crippen LogP contribution is -2.30. The minimum absolute atomic E-state index is 0.375. The molecule has 1 atom stereocenters. The van der Waals surface area contributed by atoms with Crippen molar-refractivity contribution in [3.8, 4) is 0 Å². The van der Waals surface area contributed by atoms with Crippen LogP contribution in [0.5, 0.6) is 0 Å². The normalized spacial score (nSPS) is 17.0. The van der Waals surface area contributed by atoms with Gasteiger partial charge < -0.3 is 10.1 Å². The second-order valence-electron chi connectivity index (χ2n) is 4.85. The Bertz CT molecular complexity index is 754. The Kier molecular flexibility index (Phi) is 3.62. The van der Waals surface area contributed by atoms with E-state index in [1.807, 2.05) is 6.92 Å². The molecule has 0 spiro atoms. The van der Waals surface area contributed by atoms with Gasteiger partial charge in [-0.1, -0.05) is 19.1 Å². The summed E-state index contributed by atoms with van der Waals surface area (Å²) in [4.78, 5) is 16.4. The van der Waals surface area contributed by atoms with Crippen LogP contribution in [0.3, 0.4) is 0 Å². The Morgan fingerprint density at radius 3 is 3.00 bits per heavy atom. The molecule has 2 heterocycles. The molecular formula is C15H15FN4O2. The van der Waals surface area contributed by atoms with Gasteiger partial charge in [0.25, 0.3) is 0 Å². The molecule has 0 bridgehead atoms. The summed E-state index contributed by atoms with van der Waals surface area (Å²) in [5.41, 5.74) is 1.72. The fourth-order valence-corrected chi connectivity index (χ4v) is 2.63. The van der Waals surface area contributed by atoms with Gasteiger partial charge in [0, 0.05) is 5.70 Å². The number of aromatic nitrogens is 3. The molecule has 1 aliphatic rings. The Balaban J connectivity index is 2.22. The molecule has 0 fully saturated rings. The fourth-order valence-electron chi connectivity index (χ4n) is 2.63. The van der Waals surface area contributed by atoms with Crippen LogP contribution in [0.25, 0.3) is 0 Å². The van der Waals surface area contributed by atoms with Gasteiger partial charge in [0.1, 0.15) is 18.2 Å². The van der Waals surface area contributed by atoms with E-state index in [1.165, 1.54) is 25.6 Å². The van der Waals surface area contributed by atoms with Gasteiger partial charge >= 0.3 is 5.97 Å². The van der Waals surface area contributed by atoms with Crippen LogP contribution in [0.4, 0.5) is 10.3 Å². The summed E-state index contributed by atoms with van der Waals surface area (Å²) < 4.78 is 20.1. The second-order valence-corrected chi connectivity index (χ2v) is 4.85. The topological polar surface area (TPSA) is 69.0 Å². The first-order valence-electron chi connectivity index (χ1n) is 6.89. The fraction of sp³-hybridized carbons (Fsp3) is 0.267. The number of rotatable bonds is 3. The number of allylic oxidation sites excluding steroid dienone is 1. The number of carbonyl (C=O) groups is 1. The Morgan fingerprint density at radius 2 is 2.32 bits per heavy atom. The van der Waals surface area contributed by atoms with Gasteiger partial charge in [0.05, 0.1) is 12.7 Å². The van der Waals surface area contributed by atoms with Crippen LogP contribution in [0.2, 0.25) is 0 Å². The minimum Gasteiger partial charge on any atom is -0.466 e. The van der Waals surface area contributed by atoms with Crippen molar-refractivity contribution in [3.05, 3.63) is 53.2 Å². The summed E-state index contributed by atoms with van der Waals surface area (Å²) in [6, 6.07) is 5.52. The van der Waals surface area contributed by atoms with E-state index in [-0.39, 0.29) is 5.82 Å². The van der Waals surface area contributed by atoms with Crippen molar-refractivity contribution >= 4 is 11.9 Å². The highest BCUT2D eigenvalue weighted by atomic mass is 19.1. The molecule has 0 amide bonds. The molecule has 22 heavy (non-hydrogen) atoms. The van der Waals surface area contributed by atoms with Crippen LogP contribution in [0, 0.1) is 5.82 Å². The molecule has 0 saturated heterocycles. The van der Waals surface area contributed by atoms with Gasteiger partial charge in [-0.3, -0.25) is 0 Å². The van der Waals surface area contributed by atoms with E-state index >= 15 is 0 Å². The Morgan fingerprint density at radius 1 is 1.50 bits per heavy atom. The molecule has 3 rings (SSSR count). The van der Waals surface area contributed by atoms with Gasteiger partial charge in [0.15, 0.2) is 0 Å². The molecule has 114 valence electrons. The highest BCUT2D eigenvalue weighted by Crippen LogP contribution is 2.36. The lowest BCUT2D eigenvalue weighted by atomic mass is 9.94. The summed E-state index contributed by atoms with van der Waals surface area (Å²) in [5, 5.41) is 7.24. The number of carbonyl (C=O) groups excluding carboxylic acids is 1. The van der Waals surface area contributed by atoms with Crippen molar-refractivity contribution in [2.45, 2.75) is 19.4 Å². The number of ether oxygens (including phenoxy) is 1. The number of nitrogens with zero attached hydrogens (tertiary/aromatic N) is 3. The van der Waals surface area contributed by atoms with E-state index in [4.69, 9.17) is 4.74 Å². The summed E-state index contributed by atoms with van der Waals surface area (Å²) in [7, 11) is 1.32. The van der Waals surface area contributed by atoms with Gasteiger partial charge in [-0.05, 0) is 24.1 Å². The third kappa shape index (κ3) is 2.24. The highest BCUT2D eigenvalue weighted by Gasteiger charge is 2.34. The first-order chi connectivity index (χ1) is 10.7. The Hall–Kier alpha value is -2.70. The van der Waals surface area contributed by atoms with Crippen LogP contribution in [0.1, 0.15) is 24.9 Å². The summed E-state index contributed by atoms with van der Waals surface area (Å²) >= 11 is 0. The minimum atomic E-state index is -0.572. The third-order valence-corrected chi connectivity index (χ3v) is 3.60. The summed E-state index contributed by atoms with van der Waals surface area (Å²) in [5.74, 6) is -0.335. The van der Waals surface area contributed by atoms with Gasteiger partial charge in [-0.2, -0.15) is 10.1 Å². The van der Waals surface area contributed by atoms with Crippen LogP contribution >= 0.6 is 0 Å². The first kappa shape index (κ1) is 14.2. The number of hydrogen-bond donors (Lipinski definition) is 1. The second kappa shape index (κ2) is 5.59. The van der Waals surface area contributed by atoms with Crippen molar-refractivity contribution < 1.29 is 13.9 Å². The monoisotopic (exact) mass is 302 g/mol. The maximum atomic E-state index is 13.6. The maximum absolute atomic E-state index is 13.6. The Labute approximate surface area is 126 Å². The smallest absolute Gasteiger partial charge is 0.338 e. The molecule has 7 heteroatoms. The number of halogens is 1. The molecule has 2 aromatic rings. The number of anilines is 1. The molecule has 1 aliphatic heterocycles. The first-order valence-corrected chi connectivity index (χ1v) is 6.89. The number of nitrogens with one attached hydrogen (secondary N) is 1. The van der Waals surface area contributed by atoms with Crippen LogP contribution in [0.15, 0.2) is 41.9 Å². The summed E-state index contributed by atoms with van der Waals surface area (Å²) in [6.07, 6.45) is 1.98. The molecule has 1 aromatic heterocycles. The number of benzene rings is 1. The zero-order chi connectivity index (χ0) is 15.7. The van der Waals surface area contributed by atoms with Crippen LogP contribution in [-0.2, 0) is 9.53 Å². The molecule has 0 aliphatic carbocycles. The van der Waals surface area contributed by atoms with Crippen molar-refractivity contribution in [1.82, 2.24) is 14.8 Å². The SMILES string of the molecule is CCC1=C(C(=O)OC)[C@H](c2cccc(F)c2)n2ncnc2N1. The lowest BCUT2D eigenvalue weighted by Gasteiger charge is -2.28. The quantitative estimate of drug-likeness (QED) is 0.881. The van der Waals surface area contributed by atoms with Gasteiger partial charge in [0.2, 0.25) is 5.95 Å².